The molecule has 0 radical (unpaired) electrons. The molecule has 1 fully saturated rings. The quantitative estimate of drug-likeness (QED) is 0.836. The number of benzene rings is 1. The molecule has 0 bridgehead atoms. The summed E-state index contributed by atoms with van der Waals surface area (Å²) in [6, 6.07) is 11.3. The number of thioether (sulfide) groups is 1. The van der Waals surface area contributed by atoms with E-state index in [1.807, 2.05) is 11.8 Å². The minimum Gasteiger partial charge on any atom is -0.304 e. The second-order valence-electron chi connectivity index (χ2n) is 4.98. The van der Waals surface area contributed by atoms with Crippen molar-refractivity contribution in [3.63, 3.8) is 0 Å². The van der Waals surface area contributed by atoms with Gasteiger partial charge in [-0.05, 0) is 38.0 Å². The van der Waals surface area contributed by atoms with Crippen LogP contribution in [0.15, 0.2) is 30.3 Å². The highest BCUT2D eigenvalue weighted by atomic mass is 32.2. The van der Waals surface area contributed by atoms with E-state index >= 15 is 0 Å². The molecule has 1 N–H and O–H groups in total. The molecule has 2 heteroatoms. The van der Waals surface area contributed by atoms with Crippen LogP contribution in [-0.2, 0) is 0 Å². The predicted octanol–water partition coefficient (Wildman–Crippen LogP) is 3.62. The molecule has 1 aromatic carbocycles. The maximum absolute atomic E-state index is 3.83. The Labute approximate surface area is 103 Å². The maximum atomic E-state index is 3.83. The average Bonchev–Trinajstić information content (AvgIpc) is 2.27. The first-order valence-corrected chi connectivity index (χ1v) is 7.44. The van der Waals surface area contributed by atoms with Crippen molar-refractivity contribution in [3.8, 4) is 0 Å². The Hall–Kier alpha value is -0.470. The molecule has 0 spiro atoms. The van der Waals surface area contributed by atoms with Crippen LogP contribution in [0.2, 0.25) is 0 Å². The van der Waals surface area contributed by atoms with Crippen LogP contribution in [0.4, 0.5) is 0 Å². The molecule has 1 atom stereocenters. The van der Waals surface area contributed by atoms with Gasteiger partial charge in [-0.25, -0.2) is 0 Å². The van der Waals surface area contributed by atoms with Crippen molar-refractivity contribution in [2.24, 2.45) is 0 Å². The van der Waals surface area contributed by atoms with E-state index in [-0.39, 0.29) is 0 Å². The summed E-state index contributed by atoms with van der Waals surface area (Å²) in [5.41, 5.74) is 1.81. The fourth-order valence-corrected chi connectivity index (χ4v) is 2.95. The maximum Gasteiger partial charge on any atom is 0.0415 e. The van der Waals surface area contributed by atoms with Crippen LogP contribution in [0.5, 0.6) is 0 Å². The second kappa shape index (κ2) is 5.24. The first kappa shape index (κ1) is 12.0. The van der Waals surface area contributed by atoms with Crippen LogP contribution in [-0.4, -0.2) is 17.5 Å². The summed E-state index contributed by atoms with van der Waals surface area (Å²) in [5, 5.41) is 3.83. The van der Waals surface area contributed by atoms with Crippen LogP contribution in [0.25, 0.3) is 0 Å². The van der Waals surface area contributed by atoms with Gasteiger partial charge >= 0.3 is 0 Å². The van der Waals surface area contributed by atoms with E-state index in [0.717, 1.165) is 5.75 Å². The summed E-state index contributed by atoms with van der Waals surface area (Å²) in [5.74, 6) is 1.15. The highest BCUT2D eigenvalue weighted by Crippen LogP contribution is 2.34. The monoisotopic (exact) mass is 235 g/mol. The molecule has 2 rings (SSSR count). The van der Waals surface area contributed by atoms with Gasteiger partial charge in [-0.2, -0.15) is 11.8 Å². The zero-order chi connectivity index (χ0) is 11.4. The minimum absolute atomic E-state index is 0.385. The van der Waals surface area contributed by atoms with Crippen molar-refractivity contribution in [1.82, 2.24) is 5.32 Å². The summed E-state index contributed by atoms with van der Waals surface area (Å²) < 4.78 is 0. The number of rotatable bonds is 5. The molecular weight excluding hydrogens is 214 g/mol. The van der Waals surface area contributed by atoms with E-state index in [1.165, 1.54) is 24.8 Å². The van der Waals surface area contributed by atoms with Crippen LogP contribution < -0.4 is 5.32 Å². The Bertz CT molecular complexity index is 319. The standard InChI is InChI=1S/C14H21NS/c1-14(9-6-10-14)15-13(11-16-2)12-7-4-3-5-8-12/h3-5,7-8,13,15H,6,9-11H2,1-2H3. The van der Waals surface area contributed by atoms with E-state index in [4.69, 9.17) is 0 Å². The van der Waals surface area contributed by atoms with Gasteiger partial charge in [-0.15, -0.1) is 0 Å². The SMILES string of the molecule is CSCC(NC1(C)CCC1)c1ccccc1. The first-order valence-electron chi connectivity index (χ1n) is 6.05. The third-order valence-electron chi connectivity index (χ3n) is 3.52. The number of nitrogens with one attached hydrogen (secondary N) is 1. The molecule has 0 aliphatic heterocycles. The van der Waals surface area contributed by atoms with Crippen molar-refractivity contribution < 1.29 is 0 Å². The molecule has 1 aliphatic rings. The Morgan fingerprint density at radius 3 is 2.50 bits per heavy atom. The fraction of sp³-hybridized carbons (Fsp3) is 0.571. The molecule has 0 saturated heterocycles. The average molecular weight is 235 g/mol. The number of hydrogen-bond acceptors (Lipinski definition) is 2. The first-order chi connectivity index (χ1) is 7.73. The lowest BCUT2D eigenvalue weighted by molar-refractivity contribution is 0.191. The third kappa shape index (κ3) is 2.80. The van der Waals surface area contributed by atoms with E-state index in [1.54, 1.807) is 0 Å². The second-order valence-corrected chi connectivity index (χ2v) is 5.89. The zero-order valence-electron chi connectivity index (χ0n) is 10.2. The summed E-state index contributed by atoms with van der Waals surface area (Å²) in [6.45, 7) is 2.35. The van der Waals surface area contributed by atoms with Gasteiger partial charge in [0.1, 0.15) is 0 Å². The van der Waals surface area contributed by atoms with Crippen molar-refractivity contribution in [1.29, 1.82) is 0 Å². The Morgan fingerprint density at radius 1 is 1.31 bits per heavy atom. The smallest absolute Gasteiger partial charge is 0.0415 e. The van der Waals surface area contributed by atoms with E-state index in [0.29, 0.717) is 11.6 Å². The molecule has 0 heterocycles. The van der Waals surface area contributed by atoms with Gasteiger partial charge in [0, 0.05) is 17.3 Å². The fourth-order valence-electron chi connectivity index (χ4n) is 2.35. The Kier molecular flexibility index (Phi) is 3.93. The van der Waals surface area contributed by atoms with Gasteiger partial charge in [-0.3, -0.25) is 0 Å². The van der Waals surface area contributed by atoms with E-state index in [9.17, 15) is 0 Å². The van der Waals surface area contributed by atoms with Crippen LogP contribution in [0, 0.1) is 0 Å². The lowest BCUT2D eigenvalue weighted by Crippen LogP contribution is -2.50. The van der Waals surface area contributed by atoms with Gasteiger partial charge in [0.15, 0.2) is 0 Å². The van der Waals surface area contributed by atoms with E-state index in [2.05, 4.69) is 48.8 Å². The van der Waals surface area contributed by atoms with Crippen molar-refractivity contribution in [3.05, 3.63) is 35.9 Å². The van der Waals surface area contributed by atoms with Gasteiger partial charge in [0.05, 0.1) is 0 Å². The predicted molar refractivity (Wildman–Crippen MR) is 73.0 cm³/mol. The topological polar surface area (TPSA) is 12.0 Å². The molecule has 1 aromatic rings. The Morgan fingerprint density at radius 2 is 2.00 bits per heavy atom. The Balaban J connectivity index is 2.05. The van der Waals surface area contributed by atoms with Crippen molar-refractivity contribution >= 4 is 11.8 Å². The van der Waals surface area contributed by atoms with Gasteiger partial charge < -0.3 is 5.32 Å². The molecular formula is C14H21NS. The van der Waals surface area contributed by atoms with E-state index < -0.39 is 0 Å². The highest BCUT2D eigenvalue weighted by Gasteiger charge is 2.33. The molecule has 0 amide bonds. The molecule has 1 saturated carbocycles. The molecule has 1 aliphatic carbocycles. The van der Waals surface area contributed by atoms with Crippen LogP contribution >= 0.6 is 11.8 Å². The highest BCUT2D eigenvalue weighted by molar-refractivity contribution is 7.98. The van der Waals surface area contributed by atoms with Crippen LogP contribution in [0.3, 0.4) is 0 Å². The summed E-state index contributed by atoms with van der Waals surface area (Å²) in [6.07, 6.45) is 6.21. The van der Waals surface area contributed by atoms with Crippen LogP contribution in [0.1, 0.15) is 37.8 Å². The molecule has 1 nitrogen and oxygen atoms in total. The van der Waals surface area contributed by atoms with Gasteiger partial charge in [-0.1, -0.05) is 30.3 Å². The normalized spacial score (nSPS) is 20.1. The lowest BCUT2D eigenvalue weighted by atomic mass is 9.78. The molecule has 0 aromatic heterocycles. The largest absolute Gasteiger partial charge is 0.304 e. The third-order valence-corrected chi connectivity index (χ3v) is 4.18. The van der Waals surface area contributed by atoms with Crippen molar-refractivity contribution in [2.75, 3.05) is 12.0 Å². The molecule has 16 heavy (non-hydrogen) atoms. The zero-order valence-corrected chi connectivity index (χ0v) is 11.0. The van der Waals surface area contributed by atoms with Gasteiger partial charge in [0.2, 0.25) is 0 Å². The number of hydrogen-bond donors (Lipinski definition) is 1. The lowest BCUT2D eigenvalue weighted by Gasteiger charge is -2.42. The summed E-state index contributed by atoms with van der Waals surface area (Å²) >= 11 is 1.92. The summed E-state index contributed by atoms with van der Waals surface area (Å²) in [7, 11) is 0. The summed E-state index contributed by atoms with van der Waals surface area (Å²) in [4.78, 5) is 0. The van der Waals surface area contributed by atoms with Crippen molar-refractivity contribution in [2.45, 2.75) is 37.8 Å². The molecule has 1 unspecified atom stereocenters. The minimum atomic E-state index is 0.385. The van der Waals surface area contributed by atoms with Gasteiger partial charge in [0.25, 0.3) is 0 Å². The molecule has 88 valence electrons.